The number of amides is 1. The van der Waals surface area contributed by atoms with E-state index in [1.165, 1.54) is 31.2 Å². The van der Waals surface area contributed by atoms with Crippen LogP contribution in [0.2, 0.25) is 5.02 Å². The van der Waals surface area contributed by atoms with Crippen LogP contribution in [0.4, 0.5) is 5.69 Å². The minimum atomic E-state index is -3.79. The van der Waals surface area contributed by atoms with Crippen LogP contribution in [-0.2, 0) is 14.8 Å². The third-order valence-electron chi connectivity index (χ3n) is 2.96. The van der Waals surface area contributed by atoms with Crippen LogP contribution >= 0.6 is 34.2 Å². The van der Waals surface area contributed by atoms with Crippen LogP contribution in [0.5, 0.6) is 0 Å². The van der Waals surface area contributed by atoms with Crippen LogP contribution < -0.4 is 10.0 Å². The highest BCUT2D eigenvalue weighted by Crippen LogP contribution is 2.15. The maximum absolute atomic E-state index is 12.2. The van der Waals surface area contributed by atoms with Crippen molar-refractivity contribution in [1.29, 1.82) is 0 Å². The van der Waals surface area contributed by atoms with Gasteiger partial charge in [-0.05, 0) is 78.0 Å². The van der Waals surface area contributed by atoms with Gasteiger partial charge in [-0.1, -0.05) is 11.6 Å². The van der Waals surface area contributed by atoms with E-state index in [9.17, 15) is 13.2 Å². The molecule has 0 saturated heterocycles. The lowest BCUT2D eigenvalue weighted by Crippen LogP contribution is -2.41. The molecule has 0 aliphatic heterocycles. The molecule has 0 saturated carbocycles. The number of hydrogen-bond acceptors (Lipinski definition) is 3. The summed E-state index contributed by atoms with van der Waals surface area (Å²) in [7, 11) is -3.79. The molecule has 1 atom stereocenters. The number of carbonyl (C=O) groups is 1. The Balaban J connectivity index is 2.05. The Hall–Kier alpha value is -1.16. The van der Waals surface area contributed by atoms with Crippen molar-refractivity contribution in [3.05, 3.63) is 57.1 Å². The van der Waals surface area contributed by atoms with Crippen LogP contribution in [-0.4, -0.2) is 20.4 Å². The molecule has 122 valence electrons. The zero-order valence-electron chi connectivity index (χ0n) is 12.1. The largest absolute Gasteiger partial charge is 0.325 e. The van der Waals surface area contributed by atoms with Crippen LogP contribution in [0.1, 0.15) is 6.92 Å². The lowest BCUT2D eigenvalue weighted by atomic mass is 10.3. The first-order valence-corrected chi connectivity index (χ1v) is 9.56. The van der Waals surface area contributed by atoms with Crippen molar-refractivity contribution >= 4 is 55.8 Å². The Morgan fingerprint density at radius 3 is 2.22 bits per heavy atom. The van der Waals surface area contributed by atoms with Crippen molar-refractivity contribution in [3.63, 3.8) is 0 Å². The van der Waals surface area contributed by atoms with E-state index in [1.54, 1.807) is 12.1 Å². The van der Waals surface area contributed by atoms with Gasteiger partial charge in [0.1, 0.15) is 0 Å². The summed E-state index contributed by atoms with van der Waals surface area (Å²) in [6.45, 7) is 1.48. The van der Waals surface area contributed by atoms with Gasteiger partial charge in [-0.3, -0.25) is 4.79 Å². The van der Waals surface area contributed by atoms with Gasteiger partial charge in [-0.25, -0.2) is 8.42 Å². The second-order valence-corrected chi connectivity index (χ2v) is 8.19. The maximum atomic E-state index is 12.2. The predicted octanol–water partition coefficient (Wildman–Crippen LogP) is 3.25. The Bertz CT molecular complexity index is 792. The quantitative estimate of drug-likeness (QED) is 0.667. The summed E-state index contributed by atoms with van der Waals surface area (Å²) in [6.07, 6.45) is 0. The van der Waals surface area contributed by atoms with Gasteiger partial charge in [-0.2, -0.15) is 4.72 Å². The van der Waals surface area contributed by atoms with E-state index < -0.39 is 22.0 Å². The number of halogens is 2. The maximum Gasteiger partial charge on any atom is 0.242 e. The van der Waals surface area contributed by atoms with E-state index >= 15 is 0 Å². The first-order valence-electron chi connectivity index (χ1n) is 6.62. The van der Waals surface area contributed by atoms with Crippen molar-refractivity contribution in [1.82, 2.24) is 4.72 Å². The highest BCUT2D eigenvalue weighted by Gasteiger charge is 2.22. The third-order valence-corrected chi connectivity index (χ3v) is 5.49. The Kier molecular flexibility index (Phi) is 6.01. The van der Waals surface area contributed by atoms with Crippen LogP contribution in [0, 0.1) is 3.57 Å². The molecule has 0 aromatic heterocycles. The van der Waals surface area contributed by atoms with Gasteiger partial charge in [0.25, 0.3) is 0 Å². The van der Waals surface area contributed by atoms with Crippen molar-refractivity contribution in [2.75, 3.05) is 5.32 Å². The minimum Gasteiger partial charge on any atom is -0.325 e. The molecular weight excluding hydrogens is 451 g/mol. The molecule has 1 amide bonds. The minimum absolute atomic E-state index is 0.0517. The summed E-state index contributed by atoms with van der Waals surface area (Å²) < 4.78 is 27.8. The second kappa shape index (κ2) is 7.61. The number of carbonyl (C=O) groups excluding carboxylic acids is 1. The molecule has 0 heterocycles. The van der Waals surface area contributed by atoms with E-state index in [2.05, 4.69) is 32.6 Å². The lowest BCUT2D eigenvalue weighted by Gasteiger charge is -2.14. The van der Waals surface area contributed by atoms with E-state index in [0.717, 1.165) is 3.57 Å². The molecule has 2 aromatic carbocycles. The summed E-state index contributed by atoms with van der Waals surface area (Å²) in [4.78, 5) is 12.2. The van der Waals surface area contributed by atoms with E-state index in [-0.39, 0.29) is 4.90 Å². The predicted molar refractivity (Wildman–Crippen MR) is 99.0 cm³/mol. The fraction of sp³-hybridized carbons (Fsp3) is 0.133. The lowest BCUT2D eigenvalue weighted by molar-refractivity contribution is -0.117. The average molecular weight is 465 g/mol. The van der Waals surface area contributed by atoms with Gasteiger partial charge < -0.3 is 5.32 Å². The Morgan fingerprint density at radius 2 is 1.65 bits per heavy atom. The van der Waals surface area contributed by atoms with E-state index in [4.69, 9.17) is 11.6 Å². The first kappa shape index (κ1) is 18.2. The summed E-state index contributed by atoms with van der Waals surface area (Å²) in [6, 6.07) is 12.0. The summed E-state index contributed by atoms with van der Waals surface area (Å²) in [5, 5.41) is 3.10. The van der Waals surface area contributed by atoms with E-state index in [0.29, 0.717) is 10.7 Å². The average Bonchev–Trinajstić information content (AvgIpc) is 2.49. The molecule has 0 fully saturated rings. The summed E-state index contributed by atoms with van der Waals surface area (Å²) in [5.41, 5.74) is 0.605. The zero-order chi connectivity index (χ0) is 17.0. The molecule has 5 nitrogen and oxygen atoms in total. The molecule has 1 unspecified atom stereocenters. The standard InChI is InChI=1S/C15H14ClIN2O3S/c1-10(15(20)18-13-6-4-12(17)5-7-13)19-23(21,22)14-8-2-11(16)3-9-14/h2-10,19H,1H3,(H,18,20). The van der Waals surface area contributed by atoms with Crippen molar-refractivity contribution in [2.45, 2.75) is 17.9 Å². The van der Waals surface area contributed by atoms with Crippen molar-refractivity contribution < 1.29 is 13.2 Å². The van der Waals surface area contributed by atoms with Crippen molar-refractivity contribution in [2.24, 2.45) is 0 Å². The second-order valence-electron chi connectivity index (χ2n) is 4.79. The van der Waals surface area contributed by atoms with Gasteiger partial charge in [0.05, 0.1) is 10.9 Å². The molecule has 2 aromatic rings. The van der Waals surface area contributed by atoms with Gasteiger partial charge >= 0.3 is 0 Å². The van der Waals surface area contributed by atoms with Gasteiger partial charge in [0.15, 0.2) is 0 Å². The molecule has 23 heavy (non-hydrogen) atoms. The third kappa shape index (κ3) is 5.17. The van der Waals surface area contributed by atoms with E-state index in [1.807, 2.05) is 12.1 Å². The normalized spacial score (nSPS) is 12.7. The molecule has 0 bridgehead atoms. The molecule has 0 radical (unpaired) electrons. The number of nitrogens with one attached hydrogen (secondary N) is 2. The molecule has 2 N–H and O–H groups in total. The number of rotatable bonds is 5. The molecule has 8 heteroatoms. The molecular formula is C15H14ClIN2O3S. The highest BCUT2D eigenvalue weighted by molar-refractivity contribution is 14.1. The van der Waals surface area contributed by atoms with Gasteiger partial charge in [0, 0.05) is 14.3 Å². The first-order chi connectivity index (χ1) is 10.8. The summed E-state index contributed by atoms with van der Waals surface area (Å²) in [5.74, 6) is -0.441. The van der Waals surface area contributed by atoms with Gasteiger partial charge in [0.2, 0.25) is 15.9 Å². The highest BCUT2D eigenvalue weighted by atomic mass is 127. The SMILES string of the molecule is CC(NS(=O)(=O)c1ccc(Cl)cc1)C(=O)Nc1ccc(I)cc1. The molecule has 0 spiro atoms. The number of anilines is 1. The smallest absolute Gasteiger partial charge is 0.242 e. The number of benzene rings is 2. The van der Waals surface area contributed by atoms with Crippen LogP contribution in [0.25, 0.3) is 0 Å². The van der Waals surface area contributed by atoms with Gasteiger partial charge in [-0.15, -0.1) is 0 Å². The number of sulfonamides is 1. The Labute approximate surface area is 153 Å². The fourth-order valence-corrected chi connectivity index (χ4v) is 3.44. The monoisotopic (exact) mass is 464 g/mol. The molecule has 2 rings (SSSR count). The van der Waals surface area contributed by atoms with Crippen molar-refractivity contribution in [3.8, 4) is 0 Å². The molecule has 0 aliphatic rings. The topological polar surface area (TPSA) is 75.3 Å². The number of hydrogen-bond donors (Lipinski definition) is 2. The Morgan fingerprint density at radius 1 is 1.09 bits per heavy atom. The molecule has 0 aliphatic carbocycles. The van der Waals surface area contributed by atoms with Crippen LogP contribution in [0.3, 0.4) is 0 Å². The summed E-state index contributed by atoms with van der Waals surface area (Å²) >= 11 is 7.90. The zero-order valence-corrected chi connectivity index (χ0v) is 15.8. The van der Waals surface area contributed by atoms with Crippen LogP contribution in [0.15, 0.2) is 53.4 Å². The fourth-order valence-electron chi connectivity index (χ4n) is 1.75.